The number of amides is 3. The van der Waals surface area contributed by atoms with E-state index < -0.39 is 0 Å². The zero-order valence-corrected chi connectivity index (χ0v) is 16.9. The molecule has 0 radical (unpaired) electrons. The van der Waals surface area contributed by atoms with Crippen molar-refractivity contribution >= 4 is 17.6 Å². The first kappa shape index (κ1) is 19.9. The maximum Gasteiger partial charge on any atom is 0.325 e. The number of carbonyl (C=O) groups is 2. The number of nitrogens with zero attached hydrogens (tertiary/aromatic N) is 5. The summed E-state index contributed by atoms with van der Waals surface area (Å²) in [7, 11) is 1.58. The molecule has 1 atom stereocenters. The molecule has 0 N–H and O–H groups in total. The normalized spacial score (nSPS) is 19.2. The summed E-state index contributed by atoms with van der Waals surface area (Å²) >= 11 is 0. The number of ether oxygens (including phenoxy) is 2. The van der Waals surface area contributed by atoms with Gasteiger partial charge < -0.3 is 19.3 Å². The van der Waals surface area contributed by atoms with Crippen LogP contribution >= 0.6 is 0 Å². The van der Waals surface area contributed by atoms with Crippen LogP contribution in [-0.4, -0.2) is 77.6 Å². The minimum Gasteiger partial charge on any atom is -0.495 e. The van der Waals surface area contributed by atoms with Crippen LogP contribution in [0, 0.1) is 0 Å². The molecule has 2 aliphatic rings. The van der Waals surface area contributed by atoms with Crippen molar-refractivity contribution < 1.29 is 19.1 Å². The van der Waals surface area contributed by atoms with Crippen molar-refractivity contribution in [2.24, 2.45) is 0 Å². The predicted molar refractivity (Wildman–Crippen MR) is 110 cm³/mol. The lowest BCUT2D eigenvalue weighted by molar-refractivity contribution is -0.134. The molecule has 4 rings (SSSR count). The molecule has 2 saturated heterocycles. The number of likely N-dealkylation sites (tertiary alicyclic amines) is 1. The highest BCUT2D eigenvalue weighted by Crippen LogP contribution is 2.30. The number of aromatic nitrogens is 2. The standard InChI is InChI=1S/C21H25N5O4/c1-29-18-7-3-2-6-17(18)26-12-11-25(21(26)28)14-20(27)24-10-4-5-16(13-24)30-19-8-9-22-15-23-19/h2-3,6-9,15-16H,4-5,10-14H2,1H3. The number of rotatable bonds is 6. The summed E-state index contributed by atoms with van der Waals surface area (Å²) in [5.41, 5.74) is 0.719. The van der Waals surface area contributed by atoms with E-state index >= 15 is 0 Å². The number of benzene rings is 1. The van der Waals surface area contributed by atoms with Crippen LogP contribution in [0.25, 0.3) is 0 Å². The fourth-order valence-electron chi connectivity index (χ4n) is 3.85. The molecule has 2 fully saturated rings. The van der Waals surface area contributed by atoms with E-state index in [0.717, 1.165) is 18.5 Å². The molecule has 3 amide bonds. The monoisotopic (exact) mass is 411 g/mol. The van der Waals surface area contributed by atoms with E-state index in [9.17, 15) is 9.59 Å². The zero-order valence-electron chi connectivity index (χ0n) is 16.9. The number of urea groups is 1. The van der Waals surface area contributed by atoms with E-state index in [1.807, 2.05) is 24.3 Å². The molecule has 2 aliphatic heterocycles. The van der Waals surface area contributed by atoms with Gasteiger partial charge in [-0.05, 0) is 25.0 Å². The van der Waals surface area contributed by atoms with E-state index in [1.54, 1.807) is 34.1 Å². The Kier molecular flexibility index (Phi) is 5.97. The van der Waals surface area contributed by atoms with Gasteiger partial charge in [0.1, 0.15) is 24.7 Å². The highest BCUT2D eigenvalue weighted by Gasteiger charge is 2.34. The van der Waals surface area contributed by atoms with Crippen molar-refractivity contribution in [1.29, 1.82) is 0 Å². The van der Waals surface area contributed by atoms with Crippen LogP contribution in [0.3, 0.4) is 0 Å². The summed E-state index contributed by atoms with van der Waals surface area (Å²) in [6.07, 6.45) is 4.66. The lowest BCUT2D eigenvalue weighted by Crippen LogP contribution is -2.48. The van der Waals surface area contributed by atoms with Crippen molar-refractivity contribution in [2.75, 3.05) is 44.7 Å². The van der Waals surface area contributed by atoms with Gasteiger partial charge in [-0.25, -0.2) is 14.8 Å². The third-order valence-corrected chi connectivity index (χ3v) is 5.37. The van der Waals surface area contributed by atoms with Gasteiger partial charge in [0.25, 0.3) is 0 Å². The SMILES string of the molecule is COc1ccccc1N1CCN(CC(=O)N2CCCC(Oc3ccncn3)C2)C1=O. The van der Waals surface area contributed by atoms with Crippen molar-refractivity contribution in [2.45, 2.75) is 18.9 Å². The van der Waals surface area contributed by atoms with Gasteiger partial charge in [-0.2, -0.15) is 0 Å². The van der Waals surface area contributed by atoms with Crippen LogP contribution in [0.2, 0.25) is 0 Å². The average molecular weight is 411 g/mol. The summed E-state index contributed by atoms with van der Waals surface area (Å²) in [6, 6.07) is 8.92. The lowest BCUT2D eigenvalue weighted by Gasteiger charge is -2.33. The second-order valence-corrected chi connectivity index (χ2v) is 7.30. The van der Waals surface area contributed by atoms with Crippen molar-refractivity contribution in [3.8, 4) is 11.6 Å². The van der Waals surface area contributed by atoms with Crippen LogP contribution in [0.15, 0.2) is 42.9 Å². The quantitative estimate of drug-likeness (QED) is 0.720. The van der Waals surface area contributed by atoms with Gasteiger partial charge in [0.2, 0.25) is 11.8 Å². The molecule has 0 aliphatic carbocycles. The van der Waals surface area contributed by atoms with Crippen LogP contribution in [0.5, 0.6) is 11.6 Å². The topological polar surface area (TPSA) is 88.1 Å². The largest absolute Gasteiger partial charge is 0.495 e. The van der Waals surface area contributed by atoms with Gasteiger partial charge in [-0.1, -0.05) is 12.1 Å². The summed E-state index contributed by atoms with van der Waals surface area (Å²) in [5, 5.41) is 0. The Labute approximate surface area is 175 Å². The third kappa shape index (κ3) is 4.29. The fraction of sp³-hybridized carbons (Fsp3) is 0.429. The first-order valence-corrected chi connectivity index (χ1v) is 10.1. The molecule has 30 heavy (non-hydrogen) atoms. The van der Waals surface area contributed by atoms with Gasteiger partial charge in [0, 0.05) is 31.9 Å². The summed E-state index contributed by atoms with van der Waals surface area (Å²) < 4.78 is 11.2. The van der Waals surface area contributed by atoms with E-state index in [4.69, 9.17) is 9.47 Å². The van der Waals surface area contributed by atoms with Gasteiger partial charge in [-0.3, -0.25) is 9.69 Å². The summed E-state index contributed by atoms with van der Waals surface area (Å²) in [5.74, 6) is 1.08. The number of methoxy groups -OCH3 is 1. The van der Waals surface area contributed by atoms with Crippen molar-refractivity contribution in [3.05, 3.63) is 42.9 Å². The zero-order chi connectivity index (χ0) is 20.9. The highest BCUT2D eigenvalue weighted by molar-refractivity contribution is 5.97. The van der Waals surface area contributed by atoms with Gasteiger partial charge in [0.05, 0.1) is 19.3 Å². The van der Waals surface area contributed by atoms with Gasteiger partial charge in [0.15, 0.2) is 0 Å². The number of anilines is 1. The number of carbonyl (C=O) groups excluding carboxylic acids is 2. The third-order valence-electron chi connectivity index (χ3n) is 5.37. The number of hydrogen-bond donors (Lipinski definition) is 0. The minimum atomic E-state index is -0.182. The molecule has 0 saturated carbocycles. The molecular formula is C21H25N5O4. The Bertz CT molecular complexity index is 894. The maximum atomic E-state index is 12.9. The second-order valence-electron chi connectivity index (χ2n) is 7.30. The highest BCUT2D eigenvalue weighted by atomic mass is 16.5. The Morgan fingerprint density at radius 2 is 2.07 bits per heavy atom. The molecule has 1 unspecified atom stereocenters. The Hall–Kier alpha value is -3.36. The number of piperidine rings is 1. The maximum absolute atomic E-state index is 12.9. The van der Waals surface area contributed by atoms with Gasteiger partial charge in [-0.15, -0.1) is 0 Å². The number of para-hydroxylation sites is 2. The van der Waals surface area contributed by atoms with E-state index in [0.29, 0.717) is 37.8 Å². The van der Waals surface area contributed by atoms with E-state index in [2.05, 4.69) is 9.97 Å². The second kappa shape index (κ2) is 8.98. The molecule has 9 heteroatoms. The van der Waals surface area contributed by atoms with Crippen LogP contribution in [0.4, 0.5) is 10.5 Å². The Morgan fingerprint density at radius 1 is 1.20 bits per heavy atom. The van der Waals surface area contributed by atoms with E-state index in [-0.39, 0.29) is 24.6 Å². The number of hydrogen-bond acceptors (Lipinski definition) is 6. The fourth-order valence-corrected chi connectivity index (χ4v) is 3.85. The average Bonchev–Trinajstić information content (AvgIpc) is 3.14. The smallest absolute Gasteiger partial charge is 0.325 e. The molecule has 3 heterocycles. The van der Waals surface area contributed by atoms with Crippen LogP contribution < -0.4 is 14.4 Å². The first-order chi connectivity index (χ1) is 14.7. The first-order valence-electron chi connectivity index (χ1n) is 10.1. The molecule has 0 spiro atoms. The predicted octanol–water partition coefficient (Wildman–Crippen LogP) is 1.80. The van der Waals surface area contributed by atoms with Crippen molar-refractivity contribution in [1.82, 2.24) is 19.8 Å². The Balaban J connectivity index is 1.35. The molecule has 1 aromatic carbocycles. The molecule has 2 aromatic rings. The molecular weight excluding hydrogens is 386 g/mol. The lowest BCUT2D eigenvalue weighted by atomic mass is 10.1. The molecule has 9 nitrogen and oxygen atoms in total. The molecule has 1 aromatic heterocycles. The van der Waals surface area contributed by atoms with E-state index in [1.165, 1.54) is 6.33 Å². The van der Waals surface area contributed by atoms with Crippen molar-refractivity contribution in [3.63, 3.8) is 0 Å². The molecule has 158 valence electrons. The summed E-state index contributed by atoms with van der Waals surface area (Å²) in [6.45, 7) is 2.23. The minimum absolute atomic E-state index is 0.0602. The molecule has 0 bridgehead atoms. The van der Waals surface area contributed by atoms with Crippen LogP contribution in [-0.2, 0) is 4.79 Å². The van der Waals surface area contributed by atoms with Crippen LogP contribution in [0.1, 0.15) is 12.8 Å². The van der Waals surface area contributed by atoms with Gasteiger partial charge >= 0.3 is 6.03 Å². The summed E-state index contributed by atoms with van der Waals surface area (Å²) in [4.78, 5) is 38.7. The Morgan fingerprint density at radius 3 is 2.87 bits per heavy atom.